The Labute approximate surface area is 48.3 Å². The average Bonchev–Trinajstić information content (AvgIpc) is 1.68. The second-order valence-electron chi connectivity index (χ2n) is 1.16. The minimum absolute atomic E-state index is 0.242. The molecule has 8 heavy (non-hydrogen) atoms. The zero-order chi connectivity index (χ0) is 6.41. The van der Waals surface area contributed by atoms with E-state index in [1.807, 2.05) is 0 Å². The number of ether oxygens (including phenoxy) is 1. The molecular weight excluding hydrogens is 110 g/mol. The van der Waals surface area contributed by atoms with Crippen LogP contribution in [0.3, 0.4) is 0 Å². The van der Waals surface area contributed by atoms with Gasteiger partial charge in [0.25, 0.3) is 0 Å². The highest BCUT2D eigenvalue weighted by molar-refractivity contribution is 6.32. The van der Waals surface area contributed by atoms with Crippen molar-refractivity contribution in [2.45, 2.75) is 13.2 Å². The van der Waals surface area contributed by atoms with Gasteiger partial charge in [0.15, 0.2) is 0 Å². The minimum Gasteiger partial charge on any atom is -0.466 e. The molecule has 2 nitrogen and oxygen atoms in total. The first-order valence-electron chi connectivity index (χ1n) is 2.38. The van der Waals surface area contributed by atoms with E-state index < -0.39 is 5.97 Å². The fourth-order valence-electron chi connectivity index (χ4n) is 0.283. The highest BCUT2D eigenvalue weighted by atomic mass is 19.1. The quantitative estimate of drug-likeness (QED) is 0.398. The van der Waals surface area contributed by atoms with Crippen LogP contribution in [0.15, 0.2) is 0 Å². The van der Waals surface area contributed by atoms with Gasteiger partial charge in [0.05, 0.1) is 12.9 Å². The van der Waals surface area contributed by atoms with Crippen LogP contribution >= 0.6 is 0 Å². The molecule has 1 radical (unpaired) electrons. The Morgan fingerprint density at radius 1 is 1.88 bits per heavy atom. The molecular formula is C4H7BFO2. The highest BCUT2D eigenvalue weighted by Crippen LogP contribution is 1.84. The Hall–Kier alpha value is -0.535. The lowest BCUT2D eigenvalue weighted by Crippen LogP contribution is -2.04. The molecule has 45 valence electrons. The summed E-state index contributed by atoms with van der Waals surface area (Å²) in [6, 6.07) is 0. The number of hydrogen-bond acceptors (Lipinski definition) is 2. The normalized spacial score (nSPS) is 8.25. The van der Waals surface area contributed by atoms with Gasteiger partial charge in [-0.05, 0) is 6.92 Å². The van der Waals surface area contributed by atoms with Crippen LogP contribution < -0.4 is 0 Å². The van der Waals surface area contributed by atoms with E-state index >= 15 is 0 Å². The maximum Gasteiger partial charge on any atom is 0.366 e. The van der Waals surface area contributed by atoms with Crippen LogP contribution in [0.4, 0.5) is 4.32 Å². The van der Waals surface area contributed by atoms with E-state index in [0.717, 1.165) is 0 Å². The lowest BCUT2D eigenvalue weighted by Gasteiger charge is -1.94. The second-order valence-corrected chi connectivity index (χ2v) is 1.16. The fraction of sp³-hybridized carbons (Fsp3) is 0.750. The van der Waals surface area contributed by atoms with E-state index in [9.17, 15) is 9.11 Å². The summed E-state index contributed by atoms with van der Waals surface area (Å²) in [4.78, 5) is 10.1. The molecule has 0 saturated carbocycles. The SMILES string of the molecule is CCOC(=O)C[B]F. The first kappa shape index (κ1) is 7.46. The Balaban J connectivity index is 3.06. The van der Waals surface area contributed by atoms with Gasteiger partial charge >= 0.3 is 13.5 Å². The predicted octanol–water partition coefficient (Wildman–Crippen LogP) is 0.556. The summed E-state index contributed by atoms with van der Waals surface area (Å²) < 4.78 is 15.5. The van der Waals surface area contributed by atoms with Crippen LogP contribution in [0.1, 0.15) is 6.92 Å². The molecule has 0 heterocycles. The third-order valence-electron chi connectivity index (χ3n) is 0.549. The van der Waals surface area contributed by atoms with Gasteiger partial charge in [-0.1, -0.05) is 0 Å². The first-order valence-corrected chi connectivity index (χ1v) is 2.38. The van der Waals surface area contributed by atoms with E-state index in [2.05, 4.69) is 4.74 Å². The first-order chi connectivity index (χ1) is 3.81. The summed E-state index contributed by atoms with van der Waals surface area (Å²) in [5.41, 5.74) is 0. The molecule has 0 N–H and O–H groups in total. The van der Waals surface area contributed by atoms with E-state index in [1.165, 1.54) is 0 Å². The smallest absolute Gasteiger partial charge is 0.366 e. The molecule has 0 unspecified atom stereocenters. The van der Waals surface area contributed by atoms with Gasteiger partial charge in [0.1, 0.15) is 0 Å². The highest BCUT2D eigenvalue weighted by Gasteiger charge is 2.00. The molecule has 4 heteroatoms. The maximum atomic E-state index is 11.1. The van der Waals surface area contributed by atoms with Crippen molar-refractivity contribution >= 4 is 13.5 Å². The fourth-order valence-corrected chi connectivity index (χ4v) is 0.283. The minimum atomic E-state index is -0.519. The standard InChI is InChI=1S/C4H7BFO2/c1-2-8-4(7)3-5-6/h2-3H2,1H3. The van der Waals surface area contributed by atoms with Crippen molar-refractivity contribution in [2.75, 3.05) is 6.61 Å². The second kappa shape index (κ2) is 4.62. The lowest BCUT2D eigenvalue weighted by molar-refractivity contribution is -0.140. The monoisotopic (exact) mass is 117 g/mol. The number of halogens is 1. The van der Waals surface area contributed by atoms with Gasteiger partial charge < -0.3 is 9.05 Å². The molecule has 0 amide bonds. The summed E-state index contributed by atoms with van der Waals surface area (Å²) >= 11 is 0. The summed E-state index contributed by atoms with van der Waals surface area (Å²) in [7, 11) is 0.276. The van der Waals surface area contributed by atoms with Gasteiger partial charge in [0.2, 0.25) is 0 Å². The van der Waals surface area contributed by atoms with Crippen LogP contribution in [0.2, 0.25) is 6.32 Å². The number of rotatable bonds is 3. The summed E-state index contributed by atoms with van der Waals surface area (Å²) in [5.74, 6) is -0.519. The summed E-state index contributed by atoms with van der Waals surface area (Å²) in [6.07, 6.45) is -0.242. The van der Waals surface area contributed by atoms with Crippen LogP contribution in [0, 0.1) is 0 Å². The van der Waals surface area contributed by atoms with Crippen LogP contribution in [-0.2, 0) is 9.53 Å². The average molecular weight is 117 g/mol. The third kappa shape index (κ3) is 3.65. The Morgan fingerprint density at radius 2 is 2.50 bits per heavy atom. The number of hydrogen-bond donors (Lipinski definition) is 0. The Kier molecular flexibility index (Phi) is 4.31. The van der Waals surface area contributed by atoms with Gasteiger partial charge in [-0.25, -0.2) is 0 Å². The van der Waals surface area contributed by atoms with Gasteiger partial charge in [-0.15, -0.1) is 0 Å². The Morgan fingerprint density at radius 3 is 2.88 bits per heavy atom. The maximum absolute atomic E-state index is 11.1. The lowest BCUT2D eigenvalue weighted by atomic mass is 10.0. The largest absolute Gasteiger partial charge is 0.466 e. The van der Waals surface area contributed by atoms with Crippen molar-refractivity contribution in [2.24, 2.45) is 0 Å². The molecule has 0 saturated heterocycles. The van der Waals surface area contributed by atoms with Crippen molar-refractivity contribution in [1.82, 2.24) is 0 Å². The van der Waals surface area contributed by atoms with Crippen molar-refractivity contribution in [3.8, 4) is 0 Å². The van der Waals surface area contributed by atoms with Crippen molar-refractivity contribution in [3.63, 3.8) is 0 Å². The van der Waals surface area contributed by atoms with E-state index in [-0.39, 0.29) is 13.9 Å². The summed E-state index contributed by atoms with van der Waals surface area (Å²) in [6.45, 7) is 1.99. The topological polar surface area (TPSA) is 26.3 Å². The van der Waals surface area contributed by atoms with E-state index in [4.69, 9.17) is 0 Å². The van der Waals surface area contributed by atoms with Gasteiger partial charge in [-0.2, -0.15) is 0 Å². The molecule has 0 aliphatic carbocycles. The Bertz CT molecular complexity index is 68.4. The van der Waals surface area contributed by atoms with Crippen LogP contribution in [0.25, 0.3) is 0 Å². The van der Waals surface area contributed by atoms with E-state index in [1.54, 1.807) is 6.92 Å². The van der Waals surface area contributed by atoms with Gasteiger partial charge in [-0.3, -0.25) is 4.79 Å². The molecule has 0 aromatic rings. The zero-order valence-electron chi connectivity index (χ0n) is 4.69. The van der Waals surface area contributed by atoms with Crippen molar-refractivity contribution in [3.05, 3.63) is 0 Å². The van der Waals surface area contributed by atoms with Crippen LogP contribution in [-0.4, -0.2) is 20.1 Å². The number of carbonyl (C=O) groups excluding carboxylic acids is 1. The molecule has 0 rings (SSSR count). The molecule has 0 atom stereocenters. The number of esters is 1. The molecule has 0 aliphatic heterocycles. The number of carbonyl (C=O) groups is 1. The van der Waals surface area contributed by atoms with Gasteiger partial charge in [0, 0.05) is 0 Å². The molecule has 0 bridgehead atoms. The van der Waals surface area contributed by atoms with E-state index in [0.29, 0.717) is 6.61 Å². The zero-order valence-corrected chi connectivity index (χ0v) is 4.69. The molecule has 0 aromatic heterocycles. The molecule has 0 aliphatic rings. The predicted molar refractivity (Wildman–Crippen MR) is 28.3 cm³/mol. The summed E-state index contributed by atoms with van der Waals surface area (Å²) in [5, 5.41) is 0. The third-order valence-corrected chi connectivity index (χ3v) is 0.549. The van der Waals surface area contributed by atoms with Crippen molar-refractivity contribution in [1.29, 1.82) is 0 Å². The molecule has 0 fully saturated rings. The molecule has 0 spiro atoms. The van der Waals surface area contributed by atoms with Crippen molar-refractivity contribution < 1.29 is 13.8 Å². The molecule has 0 aromatic carbocycles. The van der Waals surface area contributed by atoms with Crippen LogP contribution in [0.5, 0.6) is 0 Å².